The van der Waals surface area contributed by atoms with E-state index in [2.05, 4.69) is 22.3 Å². The lowest BCUT2D eigenvalue weighted by Gasteiger charge is -2.05. The molecule has 15 heavy (non-hydrogen) atoms. The SMILES string of the molecule is CCNc1cncc(-n2cc(C)cn2)c1. The van der Waals surface area contributed by atoms with Crippen molar-refractivity contribution in [1.29, 1.82) is 0 Å². The Morgan fingerprint density at radius 3 is 2.87 bits per heavy atom. The molecule has 2 aromatic rings. The molecule has 0 atom stereocenters. The summed E-state index contributed by atoms with van der Waals surface area (Å²) in [6.45, 7) is 4.97. The number of nitrogens with one attached hydrogen (secondary N) is 1. The van der Waals surface area contributed by atoms with E-state index in [1.54, 1.807) is 6.20 Å². The predicted molar refractivity (Wildman–Crippen MR) is 60.3 cm³/mol. The quantitative estimate of drug-likeness (QED) is 0.827. The molecule has 78 valence electrons. The highest BCUT2D eigenvalue weighted by atomic mass is 15.3. The fourth-order valence-electron chi connectivity index (χ4n) is 1.41. The number of anilines is 1. The minimum Gasteiger partial charge on any atom is -0.384 e. The van der Waals surface area contributed by atoms with Gasteiger partial charge in [0.15, 0.2) is 0 Å². The topological polar surface area (TPSA) is 42.7 Å². The van der Waals surface area contributed by atoms with Crippen molar-refractivity contribution >= 4 is 5.69 Å². The summed E-state index contributed by atoms with van der Waals surface area (Å²) in [5, 5.41) is 7.46. The molecule has 0 aliphatic rings. The van der Waals surface area contributed by atoms with Gasteiger partial charge < -0.3 is 5.32 Å². The number of nitrogens with zero attached hydrogens (tertiary/aromatic N) is 3. The van der Waals surface area contributed by atoms with Gasteiger partial charge in [0.05, 0.1) is 30.0 Å². The van der Waals surface area contributed by atoms with Crippen LogP contribution in [-0.2, 0) is 0 Å². The van der Waals surface area contributed by atoms with Crippen molar-refractivity contribution in [3.63, 3.8) is 0 Å². The Morgan fingerprint density at radius 2 is 2.20 bits per heavy atom. The van der Waals surface area contributed by atoms with Gasteiger partial charge in [-0.3, -0.25) is 4.98 Å². The molecule has 4 nitrogen and oxygen atoms in total. The number of hydrogen-bond acceptors (Lipinski definition) is 3. The standard InChI is InChI=1S/C11H14N4/c1-3-13-10-4-11(7-12-6-10)15-8-9(2)5-14-15/h4-8,13H,3H2,1-2H3. The Hall–Kier alpha value is -1.84. The van der Waals surface area contributed by atoms with Crippen LogP contribution < -0.4 is 5.32 Å². The first-order chi connectivity index (χ1) is 7.29. The molecule has 0 bridgehead atoms. The lowest BCUT2D eigenvalue weighted by atomic mass is 10.3. The molecule has 0 spiro atoms. The highest BCUT2D eigenvalue weighted by Gasteiger charge is 1.99. The third-order valence-corrected chi connectivity index (χ3v) is 2.08. The van der Waals surface area contributed by atoms with Gasteiger partial charge >= 0.3 is 0 Å². The third-order valence-electron chi connectivity index (χ3n) is 2.08. The monoisotopic (exact) mass is 202 g/mol. The first kappa shape index (κ1) is 9.71. The highest BCUT2D eigenvalue weighted by molar-refractivity contribution is 5.47. The maximum atomic E-state index is 4.24. The Labute approximate surface area is 89.0 Å². The molecule has 1 N–H and O–H groups in total. The van der Waals surface area contributed by atoms with Gasteiger partial charge in [-0.2, -0.15) is 5.10 Å². The molecule has 4 heteroatoms. The number of hydrogen-bond donors (Lipinski definition) is 1. The summed E-state index contributed by atoms with van der Waals surface area (Å²) in [6.07, 6.45) is 7.42. The average Bonchev–Trinajstić information content (AvgIpc) is 2.66. The second-order valence-corrected chi connectivity index (χ2v) is 3.42. The molecule has 0 aliphatic carbocycles. The lowest BCUT2D eigenvalue weighted by Crippen LogP contribution is -2.00. The van der Waals surface area contributed by atoms with Crippen LogP contribution in [0.3, 0.4) is 0 Å². The zero-order valence-corrected chi connectivity index (χ0v) is 8.94. The zero-order chi connectivity index (χ0) is 10.7. The molecule has 2 rings (SSSR count). The van der Waals surface area contributed by atoms with Crippen LogP contribution >= 0.6 is 0 Å². The molecule has 0 fully saturated rings. The Morgan fingerprint density at radius 1 is 1.33 bits per heavy atom. The molecule has 0 unspecified atom stereocenters. The molecule has 0 amide bonds. The van der Waals surface area contributed by atoms with Gasteiger partial charge in [0, 0.05) is 12.7 Å². The summed E-state index contributed by atoms with van der Waals surface area (Å²) in [5.41, 5.74) is 3.13. The lowest BCUT2D eigenvalue weighted by molar-refractivity contribution is 0.873. The van der Waals surface area contributed by atoms with Gasteiger partial charge in [0.25, 0.3) is 0 Å². The predicted octanol–water partition coefficient (Wildman–Crippen LogP) is 2.01. The summed E-state index contributed by atoms with van der Waals surface area (Å²) in [5.74, 6) is 0. The van der Waals surface area contributed by atoms with E-state index in [0.29, 0.717) is 0 Å². The van der Waals surface area contributed by atoms with Crippen LogP contribution in [-0.4, -0.2) is 21.3 Å². The van der Waals surface area contributed by atoms with E-state index in [1.807, 2.05) is 36.3 Å². The number of rotatable bonds is 3. The molecule has 2 aromatic heterocycles. The average molecular weight is 202 g/mol. The van der Waals surface area contributed by atoms with Crippen LogP contribution in [0.2, 0.25) is 0 Å². The molecule has 2 heterocycles. The van der Waals surface area contributed by atoms with Crippen LogP contribution in [0.4, 0.5) is 5.69 Å². The zero-order valence-electron chi connectivity index (χ0n) is 8.94. The van der Waals surface area contributed by atoms with Crippen LogP contribution in [0.1, 0.15) is 12.5 Å². The Balaban J connectivity index is 2.32. The second-order valence-electron chi connectivity index (χ2n) is 3.42. The van der Waals surface area contributed by atoms with Crippen molar-refractivity contribution in [2.75, 3.05) is 11.9 Å². The van der Waals surface area contributed by atoms with Gasteiger partial charge in [0.2, 0.25) is 0 Å². The minimum atomic E-state index is 0.892. The first-order valence-corrected chi connectivity index (χ1v) is 5.00. The van der Waals surface area contributed by atoms with E-state index in [9.17, 15) is 0 Å². The maximum absolute atomic E-state index is 4.24. The normalized spacial score (nSPS) is 10.3. The molecule has 0 saturated heterocycles. The van der Waals surface area contributed by atoms with Gasteiger partial charge in [0.1, 0.15) is 0 Å². The van der Waals surface area contributed by atoms with Crippen LogP contribution in [0.5, 0.6) is 0 Å². The van der Waals surface area contributed by atoms with Gasteiger partial charge in [-0.15, -0.1) is 0 Å². The van der Waals surface area contributed by atoms with Crippen molar-refractivity contribution in [1.82, 2.24) is 14.8 Å². The van der Waals surface area contributed by atoms with Crippen molar-refractivity contribution in [3.8, 4) is 5.69 Å². The van der Waals surface area contributed by atoms with E-state index >= 15 is 0 Å². The summed E-state index contributed by atoms with van der Waals surface area (Å²) in [4.78, 5) is 4.17. The Bertz CT molecular complexity index is 447. The van der Waals surface area contributed by atoms with E-state index in [-0.39, 0.29) is 0 Å². The van der Waals surface area contributed by atoms with E-state index in [0.717, 1.165) is 23.5 Å². The number of aryl methyl sites for hydroxylation is 1. The van der Waals surface area contributed by atoms with Crippen molar-refractivity contribution < 1.29 is 0 Å². The third kappa shape index (κ3) is 2.15. The largest absolute Gasteiger partial charge is 0.384 e. The molecular weight excluding hydrogens is 188 g/mol. The van der Waals surface area contributed by atoms with Crippen LogP contribution in [0, 0.1) is 6.92 Å². The van der Waals surface area contributed by atoms with Crippen molar-refractivity contribution in [3.05, 3.63) is 36.4 Å². The van der Waals surface area contributed by atoms with Gasteiger partial charge in [-0.25, -0.2) is 4.68 Å². The van der Waals surface area contributed by atoms with Gasteiger partial charge in [-0.1, -0.05) is 0 Å². The molecular formula is C11H14N4. The number of pyridine rings is 1. The summed E-state index contributed by atoms with van der Waals surface area (Å²) in [7, 11) is 0. The second kappa shape index (κ2) is 4.13. The first-order valence-electron chi connectivity index (χ1n) is 5.00. The molecule has 0 saturated carbocycles. The van der Waals surface area contributed by atoms with Crippen molar-refractivity contribution in [2.45, 2.75) is 13.8 Å². The fraction of sp³-hybridized carbons (Fsp3) is 0.273. The van der Waals surface area contributed by atoms with Crippen molar-refractivity contribution in [2.24, 2.45) is 0 Å². The van der Waals surface area contributed by atoms with Crippen LogP contribution in [0.25, 0.3) is 5.69 Å². The summed E-state index contributed by atoms with van der Waals surface area (Å²) in [6, 6.07) is 2.03. The Kier molecular flexibility index (Phi) is 2.67. The fourth-order valence-corrected chi connectivity index (χ4v) is 1.41. The molecule has 0 aromatic carbocycles. The molecule has 0 radical (unpaired) electrons. The van der Waals surface area contributed by atoms with Gasteiger partial charge in [-0.05, 0) is 25.5 Å². The minimum absolute atomic E-state index is 0.892. The summed E-state index contributed by atoms with van der Waals surface area (Å²) >= 11 is 0. The number of aromatic nitrogens is 3. The van der Waals surface area contributed by atoms with E-state index < -0.39 is 0 Å². The maximum Gasteiger partial charge on any atom is 0.0849 e. The van der Waals surface area contributed by atoms with E-state index in [4.69, 9.17) is 0 Å². The highest BCUT2D eigenvalue weighted by Crippen LogP contribution is 2.12. The molecule has 0 aliphatic heterocycles. The smallest absolute Gasteiger partial charge is 0.0849 e. The summed E-state index contributed by atoms with van der Waals surface area (Å²) < 4.78 is 1.82. The van der Waals surface area contributed by atoms with E-state index in [1.165, 1.54) is 0 Å². The van der Waals surface area contributed by atoms with Crippen LogP contribution in [0.15, 0.2) is 30.9 Å².